The van der Waals surface area contributed by atoms with E-state index >= 15 is 0 Å². The number of hydrogen-bond donors (Lipinski definition) is 2. The van der Waals surface area contributed by atoms with Crippen LogP contribution in [0.15, 0.2) is 60.8 Å². The summed E-state index contributed by atoms with van der Waals surface area (Å²) in [5.74, 6) is 0.281. The van der Waals surface area contributed by atoms with Crippen LogP contribution in [0.2, 0.25) is 0 Å². The van der Waals surface area contributed by atoms with Crippen molar-refractivity contribution in [3.63, 3.8) is 0 Å². The molecule has 0 aliphatic heterocycles. The lowest BCUT2D eigenvalue weighted by molar-refractivity contribution is 0.476. The van der Waals surface area contributed by atoms with Gasteiger partial charge in [0.2, 0.25) is 0 Å². The second-order valence-corrected chi connectivity index (χ2v) is 4.25. The first-order chi connectivity index (χ1) is 8.83. The normalized spacial score (nSPS) is 10.7. The summed E-state index contributed by atoms with van der Waals surface area (Å²) in [6, 6.07) is 17.6. The van der Waals surface area contributed by atoms with Gasteiger partial charge >= 0.3 is 0 Å². The molecule has 0 saturated heterocycles. The van der Waals surface area contributed by atoms with Crippen LogP contribution in [0.25, 0.3) is 10.9 Å². The molecular formula is C15H14N2O. The molecule has 3 aromatic rings. The van der Waals surface area contributed by atoms with Gasteiger partial charge in [0.15, 0.2) is 0 Å². The first-order valence-electron chi connectivity index (χ1n) is 5.91. The van der Waals surface area contributed by atoms with Crippen molar-refractivity contribution in [3.05, 3.63) is 66.4 Å². The van der Waals surface area contributed by atoms with Crippen molar-refractivity contribution >= 4 is 10.9 Å². The first-order valence-corrected chi connectivity index (χ1v) is 5.91. The van der Waals surface area contributed by atoms with Crippen LogP contribution in [0.4, 0.5) is 0 Å². The van der Waals surface area contributed by atoms with Crippen molar-refractivity contribution in [1.82, 2.24) is 4.68 Å². The van der Waals surface area contributed by atoms with E-state index in [4.69, 9.17) is 0 Å². The largest absolute Gasteiger partial charge is 0.508 e. The van der Waals surface area contributed by atoms with E-state index in [9.17, 15) is 5.11 Å². The fraction of sp³-hybridized carbons (Fsp3) is 0.0667. The molecule has 0 aliphatic rings. The third-order valence-corrected chi connectivity index (χ3v) is 2.97. The van der Waals surface area contributed by atoms with E-state index in [0.29, 0.717) is 0 Å². The zero-order valence-electron chi connectivity index (χ0n) is 9.88. The molecule has 2 N–H and O–H groups in total. The number of phenols is 1. The minimum atomic E-state index is 0.281. The topological polar surface area (TPSA) is 37.2 Å². The van der Waals surface area contributed by atoms with E-state index < -0.39 is 0 Å². The number of aromatic hydroxyl groups is 1. The Kier molecular flexibility index (Phi) is 2.65. The molecule has 3 heteroatoms. The van der Waals surface area contributed by atoms with Gasteiger partial charge in [-0.2, -0.15) is 0 Å². The second kappa shape index (κ2) is 4.45. The predicted octanol–water partition coefficient (Wildman–Crippen LogP) is 3.09. The zero-order chi connectivity index (χ0) is 12.4. The molecule has 2 aromatic carbocycles. The van der Waals surface area contributed by atoms with Crippen molar-refractivity contribution in [3.8, 4) is 5.75 Å². The minimum absolute atomic E-state index is 0.281. The molecule has 0 spiro atoms. The highest BCUT2D eigenvalue weighted by Gasteiger charge is 2.01. The van der Waals surface area contributed by atoms with Gasteiger partial charge in [-0.05, 0) is 23.8 Å². The van der Waals surface area contributed by atoms with Crippen LogP contribution < -0.4 is 5.43 Å². The molecule has 0 fully saturated rings. The molecule has 0 unspecified atom stereocenters. The lowest BCUT2D eigenvalue weighted by Gasteiger charge is -2.09. The molecule has 90 valence electrons. The monoisotopic (exact) mass is 238 g/mol. The minimum Gasteiger partial charge on any atom is -0.508 e. The number of fused-ring (bicyclic) bond motifs is 1. The standard InChI is InChI=1S/C15H14N2O/c18-14-7-6-13-8-9-17(15(13)10-14)16-11-12-4-2-1-3-5-12/h1-10,16,18H,11H2. The van der Waals surface area contributed by atoms with Crippen LogP contribution in [0, 0.1) is 0 Å². The average molecular weight is 238 g/mol. The quantitative estimate of drug-likeness (QED) is 0.735. The van der Waals surface area contributed by atoms with Gasteiger partial charge in [-0.3, -0.25) is 4.68 Å². The Bertz CT molecular complexity index is 659. The Hall–Kier alpha value is -2.42. The molecule has 0 aliphatic carbocycles. The predicted molar refractivity (Wildman–Crippen MR) is 73.1 cm³/mol. The Morgan fingerprint density at radius 2 is 1.83 bits per heavy atom. The van der Waals surface area contributed by atoms with Crippen LogP contribution in [0.5, 0.6) is 5.75 Å². The Labute approximate surface area is 105 Å². The number of nitrogens with zero attached hydrogens (tertiary/aromatic N) is 1. The molecule has 0 saturated carbocycles. The van der Waals surface area contributed by atoms with Gasteiger partial charge in [-0.15, -0.1) is 0 Å². The summed E-state index contributed by atoms with van der Waals surface area (Å²) in [5, 5.41) is 10.6. The Morgan fingerprint density at radius 1 is 1.00 bits per heavy atom. The van der Waals surface area contributed by atoms with Crippen LogP contribution >= 0.6 is 0 Å². The van der Waals surface area contributed by atoms with Gasteiger partial charge in [0, 0.05) is 17.6 Å². The van der Waals surface area contributed by atoms with Crippen LogP contribution in [-0.2, 0) is 6.54 Å². The van der Waals surface area contributed by atoms with Crippen LogP contribution in [0.1, 0.15) is 5.56 Å². The molecular weight excluding hydrogens is 224 g/mol. The second-order valence-electron chi connectivity index (χ2n) is 4.25. The molecule has 3 nitrogen and oxygen atoms in total. The molecule has 18 heavy (non-hydrogen) atoms. The van der Waals surface area contributed by atoms with E-state index in [1.54, 1.807) is 12.1 Å². The number of phenolic OH excluding ortho intramolecular Hbond substituents is 1. The van der Waals surface area contributed by atoms with Crippen molar-refractivity contribution < 1.29 is 5.11 Å². The van der Waals surface area contributed by atoms with Crippen molar-refractivity contribution in [1.29, 1.82) is 0 Å². The smallest absolute Gasteiger partial charge is 0.117 e. The Morgan fingerprint density at radius 3 is 2.67 bits per heavy atom. The molecule has 3 rings (SSSR count). The summed E-state index contributed by atoms with van der Waals surface area (Å²) in [6.45, 7) is 0.750. The summed E-state index contributed by atoms with van der Waals surface area (Å²) in [5.41, 5.74) is 5.52. The fourth-order valence-corrected chi connectivity index (χ4v) is 2.03. The summed E-state index contributed by atoms with van der Waals surface area (Å²) in [4.78, 5) is 0. The average Bonchev–Trinajstić information content (AvgIpc) is 2.80. The van der Waals surface area contributed by atoms with Crippen LogP contribution in [0.3, 0.4) is 0 Å². The van der Waals surface area contributed by atoms with E-state index in [-0.39, 0.29) is 5.75 Å². The third-order valence-electron chi connectivity index (χ3n) is 2.97. The number of rotatable bonds is 3. The van der Waals surface area contributed by atoms with E-state index in [2.05, 4.69) is 17.6 Å². The number of benzene rings is 2. The van der Waals surface area contributed by atoms with Gasteiger partial charge in [0.05, 0.1) is 12.1 Å². The summed E-state index contributed by atoms with van der Waals surface area (Å²) >= 11 is 0. The molecule has 0 bridgehead atoms. The third kappa shape index (κ3) is 2.02. The van der Waals surface area contributed by atoms with E-state index in [1.165, 1.54) is 5.56 Å². The molecule has 1 aromatic heterocycles. The number of nitrogens with one attached hydrogen (secondary N) is 1. The van der Waals surface area contributed by atoms with Gasteiger partial charge < -0.3 is 10.5 Å². The van der Waals surface area contributed by atoms with Gasteiger partial charge in [-0.1, -0.05) is 30.3 Å². The van der Waals surface area contributed by atoms with Gasteiger partial charge in [0.25, 0.3) is 0 Å². The number of hydrogen-bond acceptors (Lipinski definition) is 2. The fourth-order valence-electron chi connectivity index (χ4n) is 2.03. The van der Waals surface area contributed by atoms with Crippen molar-refractivity contribution in [2.24, 2.45) is 0 Å². The van der Waals surface area contributed by atoms with Crippen LogP contribution in [-0.4, -0.2) is 9.78 Å². The maximum atomic E-state index is 9.52. The molecule has 0 radical (unpaired) electrons. The highest BCUT2D eigenvalue weighted by molar-refractivity contribution is 5.81. The zero-order valence-corrected chi connectivity index (χ0v) is 9.88. The maximum Gasteiger partial charge on any atom is 0.117 e. The highest BCUT2D eigenvalue weighted by atomic mass is 16.3. The summed E-state index contributed by atoms with van der Waals surface area (Å²) < 4.78 is 1.93. The lowest BCUT2D eigenvalue weighted by atomic mass is 10.2. The Balaban J connectivity index is 1.85. The summed E-state index contributed by atoms with van der Waals surface area (Å²) in [7, 11) is 0. The lowest BCUT2D eigenvalue weighted by Crippen LogP contribution is -2.12. The molecule has 0 atom stereocenters. The first kappa shape index (κ1) is 10.7. The summed E-state index contributed by atoms with van der Waals surface area (Å²) in [6.07, 6.45) is 1.97. The molecule has 1 heterocycles. The van der Waals surface area contributed by atoms with Gasteiger partial charge in [0.1, 0.15) is 5.75 Å². The van der Waals surface area contributed by atoms with E-state index in [1.807, 2.05) is 41.2 Å². The number of aromatic nitrogens is 1. The van der Waals surface area contributed by atoms with Crippen molar-refractivity contribution in [2.45, 2.75) is 6.54 Å². The SMILES string of the molecule is Oc1ccc2ccn(NCc3ccccc3)c2c1. The van der Waals surface area contributed by atoms with Gasteiger partial charge in [-0.25, -0.2) is 0 Å². The maximum absolute atomic E-state index is 9.52. The molecule has 0 amide bonds. The van der Waals surface area contributed by atoms with Crippen molar-refractivity contribution in [2.75, 3.05) is 5.43 Å². The van der Waals surface area contributed by atoms with E-state index in [0.717, 1.165) is 17.4 Å². The highest BCUT2D eigenvalue weighted by Crippen LogP contribution is 2.20.